The first-order valence-electron chi connectivity index (χ1n) is 7.88. The van der Waals surface area contributed by atoms with Crippen LogP contribution in [0.4, 0.5) is 0 Å². The highest BCUT2D eigenvalue weighted by Gasteiger charge is 2.51. The van der Waals surface area contributed by atoms with Crippen LogP contribution >= 0.6 is 0 Å². The van der Waals surface area contributed by atoms with Gasteiger partial charge in [0, 0.05) is 6.04 Å². The predicted octanol–water partition coefficient (Wildman–Crippen LogP) is 1.33. The van der Waals surface area contributed by atoms with Crippen LogP contribution in [0.3, 0.4) is 0 Å². The van der Waals surface area contributed by atoms with E-state index in [1.807, 2.05) is 12.1 Å². The van der Waals surface area contributed by atoms with Gasteiger partial charge in [0.2, 0.25) is 5.91 Å². The number of rotatable bonds is 4. The molecule has 5 nitrogen and oxygen atoms in total. The van der Waals surface area contributed by atoms with Crippen molar-refractivity contribution in [2.24, 2.45) is 5.92 Å². The number of carbonyl (C=O) groups is 2. The van der Waals surface area contributed by atoms with E-state index in [1.165, 1.54) is 13.5 Å². The Morgan fingerprint density at radius 3 is 2.50 bits per heavy atom. The lowest BCUT2D eigenvalue weighted by atomic mass is 10.0. The van der Waals surface area contributed by atoms with Crippen molar-refractivity contribution in [2.45, 2.75) is 43.3 Å². The molecular weight excluding hydrogens is 280 g/mol. The first-order valence-corrected chi connectivity index (χ1v) is 7.88. The molecule has 0 bridgehead atoms. The Bertz CT molecular complexity index is 611. The number of hydrogen-bond donors (Lipinski definition) is 2. The second-order valence-corrected chi connectivity index (χ2v) is 6.70. The lowest BCUT2D eigenvalue weighted by molar-refractivity contribution is -0.124. The molecule has 4 rings (SSSR count). The molecule has 2 aliphatic carbocycles. The first-order chi connectivity index (χ1) is 10.6. The lowest BCUT2D eigenvalue weighted by Crippen LogP contribution is -2.46. The van der Waals surface area contributed by atoms with Gasteiger partial charge in [0.25, 0.3) is 0 Å². The van der Waals surface area contributed by atoms with Crippen LogP contribution in [0.15, 0.2) is 24.3 Å². The molecule has 0 aromatic heterocycles. The fourth-order valence-corrected chi connectivity index (χ4v) is 3.50. The highest BCUT2D eigenvalue weighted by molar-refractivity contribution is 5.89. The van der Waals surface area contributed by atoms with Gasteiger partial charge in [-0.05, 0) is 49.3 Å². The van der Waals surface area contributed by atoms with E-state index < -0.39 is 0 Å². The van der Waals surface area contributed by atoms with Crippen LogP contribution < -0.4 is 10.6 Å². The third-order valence-corrected chi connectivity index (χ3v) is 5.16. The van der Waals surface area contributed by atoms with E-state index in [0.29, 0.717) is 17.5 Å². The molecule has 0 spiro atoms. The molecule has 1 aromatic carbocycles. The van der Waals surface area contributed by atoms with E-state index in [9.17, 15) is 9.59 Å². The van der Waals surface area contributed by atoms with E-state index in [2.05, 4.69) is 10.6 Å². The van der Waals surface area contributed by atoms with Crippen LogP contribution in [0.2, 0.25) is 0 Å². The number of benzene rings is 1. The normalized spacial score (nSPS) is 30.3. The fraction of sp³-hybridized carbons (Fsp3) is 0.529. The number of piperidine rings is 1. The van der Waals surface area contributed by atoms with Gasteiger partial charge in [-0.15, -0.1) is 0 Å². The Hall–Kier alpha value is -1.88. The maximum Gasteiger partial charge on any atom is 0.337 e. The minimum Gasteiger partial charge on any atom is -0.465 e. The molecule has 3 aliphatic rings. The zero-order valence-electron chi connectivity index (χ0n) is 12.6. The van der Waals surface area contributed by atoms with Crippen molar-refractivity contribution < 1.29 is 14.3 Å². The molecular formula is C17H20N2O3. The van der Waals surface area contributed by atoms with Crippen LogP contribution in [0.1, 0.15) is 41.6 Å². The Kier molecular flexibility index (Phi) is 3.01. The van der Waals surface area contributed by atoms with Gasteiger partial charge in [-0.25, -0.2) is 4.79 Å². The summed E-state index contributed by atoms with van der Waals surface area (Å²) in [4.78, 5) is 23.9. The van der Waals surface area contributed by atoms with Gasteiger partial charge in [0.15, 0.2) is 0 Å². The summed E-state index contributed by atoms with van der Waals surface area (Å²) in [6.07, 6.45) is 4.10. The van der Waals surface area contributed by atoms with Gasteiger partial charge < -0.3 is 15.4 Å². The quantitative estimate of drug-likeness (QED) is 0.823. The smallest absolute Gasteiger partial charge is 0.337 e. The number of nitrogens with one attached hydrogen (secondary N) is 2. The molecule has 3 fully saturated rings. The van der Waals surface area contributed by atoms with Gasteiger partial charge in [-0.2, -0.15) is 0 Å². The average Bonchev–Trinajstić information content (AvgIpc) is 3.46. The maximum atomic E-state index is 12.4. The second kappa shape index (κ2) is 4.81. The number of methoxy groups -OCH3 is 1. The molecule has 1 amide bonds. The molecule has 1 aromatic rings. The molecule has 22 heavy (non-hydrogen) atoms. The van der Waals surface area contributed by atoms with Crippen molar-refractivity contribution in [1.82, 2.24) is 10.6 Å². The molecule has 2 saturated carbocycles. The Balaban J connectivity index is 1.44. The summed E-state index contributed by atoms with van der Waals surface area (Å²) in [6.45, 7) is 0. The summed E-state index contributed by atoms with van der Waals surface area (Å²) in [5.41, 5.74) is 1.36. The van der Waals surface area contributed by atoms with Gasteiger partial charge >= 0.3 is 5.97 Å². The number of hydrogen-bond acceptors (Lipinski definition) is 4. The van der Waals surface area contributed by atoms with Gasteiger partial charge in [0.1, 0.15) is 0 Å². The van der Waals surface area contributed by atoms with Crippen molar-refractivity contribution in [1.29, 1.82) is 0 Å². The highest BCUT2D eigenvalue weighted by Crippen LogP contribution is 2.46. The summed E-state index contributed by atoms with van der Waals surface area (Å²) in [5, 5.41) is 6.60. The van der Waals surface area contributed by atoms with Crippen molar-refractivity contribution in [3.63, 3.8) is 0 Å². The summed E-state index contributed by atoms with van der Waals surface area (Å²) < 4.78 is 4.71. The monoisotopic (exact) mass is 300 g/mol. The number of esters is 1. The average molecular weight is 300 g/mol. The van der Waals surface area contributed by atoms with E-state index in [1.54, 1.807) is 12.1 Å². The lowest BCUT2D eigenvalue weighted by Gasteiger charge is -2.21. The number of amides is 1. The van der Waals surface area contributed by atoms with E-state index in [0.717, 1.165) is 24.8 Å². The molecule has 1 saturated heterocycles. The molecule has 5 heteroatoms. The van der Waals surface area contributed by atoms with Crippen LogP contribution in [0.5, 0.6) is 0 Å². The zero-order chi connectivity index (χ0) is 15.3. The number of carbonyl (C=O) groups excluding carboxylic acids is 2. The largest absolute Gasteiger partial charge is 0.465 e. The molecule has 1 aliphatic heterocycles. The van der Waals surface area contributed by atoms with Crippen molar-refractivity contribution in [3.05, 3.63) is 35.4 Å². The number of fused-ring (bicyclic) bond motifs is 1. The van der Waals surface area contributed by atoms with Crippen LogP contribution in [-0.4, -0.2) is 31.1 Å². The van der Waals surface area contributed by atoms with Gasteiger partial charge in [-0.3, -0.25) is 4.79 Å². The summed E-state index contributed by atoms with van der Waals surface area (Å²) in [7, 11) is 1.37. The molecule has 2 unspecified atom stereocenters. The van der Waals surface area contributed by atoms with Crippen molar-refractivity contribution in [3.8, 4) is 0 Å². The summed E-state index contributed by atoms with van der Waals surface area (Å²) in [6, 6.07) is 7.89. The minimum absolute atomic E-state index is 0.0319. The molecule has 116 valence electrons. The first kappa shape index (κ1) is 13.8. The highest BCUT2D eigenvalue weighted by atomic mass is 16.5. The van der Waals surface area contributed by atoms with Crippen LogP contribution in [0, 0.1) is 5.92 Å². The minimum atomic E-state index is -0.338. The standard InChI is InChI=1S/C17H20N2O3/c1-22-16(21)10-2-4-12(5-3-10)17(6-7-17)19-15(20)14-9-11-8-13(11)18-14/h2-5,11,13-14,18H,6-9H2,1H3,(H,19,20)/t11?,13?,14-/m1/s1. The van der Waals surface area contributed by atoms with Gasteiger partial charge in [-0.1, -0.05) is 12.1 Å². The summed E-state index contributed by atoms with van der Waals surface area (Å²) >= 11 is 0. The van der Waals surface area contributed by atoms with Gasteiger partial charge in [0.05, 0.1) is 24.3 Å². The Morgan fingerprint density at radius 1 is 1.23 bits per heavy atom. The molecule has 1 heterocycles. The number of ether oxygens (including phenoxy) is 1. The zero-order valence-corrected chi connectivity index (χ0v) is 12.6. The fourth-order valence-electron chi connectivity index (χ4n) is 3.50. The van der Waals surface area contributed by atoms with Crippen LogP contribution in [0.25, 0.3) is 0 Å². The predicted molar refractivity (Wildman–Crippen MR) is 80.3 cm³/mol. The van der Waals surface area contributed by atoms with E-state index in [4.69, 9.17) is 4.74 Å². The molecule has 2 N–H and O–H groups in total. The van der Waals surface area contributed by atoms with Crippen LogP contribution in [-0.2, 0) is 15.1 Å². The van der Waals surface area contributed by atoms with Crippen molar-refractivity contribution in [2.75, 3.05) is 7.11 Å². The Morgan fingerprint density at radius 2 is 1.95 bits per heavy atom. The second-order valence-electron chi connectivity index (χ2n) is 6.70. The van der Waals surface area contributed by atoms with E-state index in [-0.39, 0.29) is 23.5 Å². The third kappa shape index (κ3) is 2.29. The summed E-state index contributed by atoms with van der Waals surface area (Å²) in [5.74, 6) is 0.488. The SMILES string of the molecule is COC(=O)c1ccc(C2(NC(=O)[C@H]3CC4CC4N3)CC2)cc1. The maximum absolute atomic E-state index is 12.4. The van der Waals surface area contributed by atoms with Crippen molar-refractivity contribution >= 4 is 11.9 Å². The molecule has 3 atom stereocenters. The topological polar surface area (TPSA) is 67.4 Å². The van der Waals surface area contributed by atoms with E-state index >= 15 is 0 Å². The third-order valence-electron chi connectivity index (χ3n) is 5.16. The Labute approximate surface area is 129 Å². The molecule has 0 radical (unpaired) electrons.